The molecule has 20 heavy (non-hydrogen) atoms. The predicted molar refractivity (Wildman–Crippen MR) is 79.2 cm³/mol. The van der Waals surface area contributed by atoms with Crippen molar-refractivity contribution in [2.75, 3.05) is 11.9 Å². The van der Waals surface area contributed by atoms with Crippen LogP contribution in [0, 0.1) is 5.92 Å². The lowest BCUT2D eigenvalue weighted by Crippen LogP contribution is -2.32. The maximum absolute atomic E-state index is 12.3. The number of ether oxygens (including phenoxy) is 1. The molecule has 3 rings (SSSR count). The van der Waals surface area contributed by atoms with Crippen molar-refractivity contribution in [2.45, 2.75) is 6.42 Å². The first-order valence-electron chi connectivity index (χ1n) is 6.49. The third kappa shape index (κ3) is 2.78. The van der Waals surface area contributed by atoms with Gasteiger partial charge in [-0.05, 0) is 36.2 Å². The number of hydrogen-bond acceptors (Lipinski definition) is 2. The van der Waals surface area contributed by atoms with Crippen LogP contribution in [0.2, 0.25) is 5.02 Å². The van der Waals surface area contributed by atoms with Crippen LogP contribution in [0.3, 0.4) is 0 Å². The Morgan fingerprint density at radius 1 is 1.20 bits per heavy atom. The predicted octanol–water partition coefficient (Wildman–Crippen LogP) is 3.53. The molecule has 0 radical (unpaired) electrons. The van der Waals surface area contributed by atoms with E-state index in [0.29, 0.717) is 23.7 Å². The molecule has 102 valence electrons. The van der Waals surface area contributed by atoms with E-state index in [1.807, 2.05) is 36.4 Å². The van der Waals surface area contributed by atoms with Gasteiger partial charge in [-0.1, -0.05) is 35.9 Å². The Hall–Kier alpha value is -2.00. The van der Waals surface area contributed by atoms with Crippen molar-refractivity contribution >= 4 is 23.2 Å². The van der Waals surface area contributed by atoms with Crippen LogP contribution in [0.5, 0.6) is 5.75 Å². The Labute approximate surface area is 122 Å². The van der Waals surface area contributed by atoms with E-state index >= 15 is 0 Å². The molecule has 1 heterocycles. The lowest BCUT2D eigenvalue weighted by molar-refractivity contribution is -0.121. The third-order valence-electron chi connectivity index (χ3n) is 3.34. The summed E-state index contributed by atoms with van der Waals surface area (Å²) in [6.07, 6.45) is 0.697. The molecule has 4 heteroatoms. The second-order valence-corrected chi connectivity index (χ2v) is 5.26. The Bertz CT molecular complexity index is 642. The Balaban J connectivity index is 1.70. The molecule has 0 bridgehead atoms. The summed E-state index contributed by atoms with van der Waals surface area (Å²) in [6.45, 7) is 0.406. The summed E-state index contributed by atoms with van der Waals surface area (Å²) in [5.74, 6) is 0.657. The highest BCUT2D eigenvalue weighted by atomic mass is 35.5. The molecule has 2 aromatic carbocycles. The van der Waals surface area contributed by atoms with Gasteiger partial charge in [-0.15, -0.1) is 0 Å². The van der Waals surface area contributed by atoms with E-state index in [4.69, 9.17) is 16.3 Å². The molecule has 0 spiro atoms. The number of nitrogens with one attached hydrogen (secondary N) is 1. The summed E-state index contributed by atoms with van der Waals surface area (Å²) in [5.41, 5.74) is 1.78. The van der Waals surface area contributed by atoms with Crippen molar-refractivity contribution in [1.29, 1.82) is 0 Å². The molecule has 1 amide bonds. The molecule has 0 saturated heterocycles. The number of halogens is 1. The number of benzene rings is 2. The van der Waals surface area contributed by atoms with E-state index in [1.54, 1.807) is 12.1 Å². The SMILES string of the molecule is O=C(Nc1cccc(Cl)c1)[C@H]1COc2ccccc2C1. The van der Waals surface area contributed by atoms with Gasteiger partial charge in [-0.2, -0.15) is 0 Å². The fraction of sp³-hybridized carbons (Fsp3) is 0.188. The van der Waals surface area contributed by atoms with Gasteiger partial charge < -0.3 is 10.1 Å². The highest BCUT2D eigenvalue weighted by Gasteiger charge is 2.25. The van der Waals surface area contributed by atoms with Crippen molar-refractivity contribution in [3.8, 4) is 5.75 Å². The van der Waals surface area contributed by atoms with Gasteiger partial charge >= 0.3 is 0 Å². The second kappa shape index (κ2) is 5.55. The largest absolute Gasteiger partial charge is 0.492 e. The summed E-state index contributed by atoms with van der Waals surface area (Å²) in [7, 11) is 0. The van der Waals surface area contributed by atoms with E-state index in [9.17, 15) is 4.79 Å². The number of amides is 1. The van der Waals surface area contributed by atoms with Crippen molar-refractivity contribution < 1.29 is 9.53 Å². The van der Waals surface area contributed by atoms with Crippen LogP contribution in [0.25, 0.3) is 0 Å². The first kappa shape index (κ1) is 13.0. The number of carbonyl (C=O) groups is 1. The van der Waals surface area contributed by atoms with Crippen LogP contribution in [0.15, 0.2) is 48.5 Å². The minimum atomic E-state index is -0.177. The molecule has 2 aromatic rings. The first-order chi connectivity index (χ1) is 9.72. The van der Waals surface area contributed by atoms with Crippen LogP contribution in [0.4, 0.5) is 5.69 Å². The van der Waals surface area contributed by atoms with Gasteiger partial charge in [0.25, 0.3) is 0 Å². The molecule has 0 aliphatic carbocycles. The smallest absolute Gasteiger partial charge is 0.231 e. The Kier molecular flexibility index (Phi) is 3.61. The van der Waals surface area contributed by atoms with Crippen molar-refractivity contribution in [3.05, 3.63) is 59.1 Å². The number of carbonyl (C=O) groups excluding carboxylic acids is 1. The molecule has 0 unspecified atom stereocenters. The number of hydrogen-bond donors (Lipinski definition) is 1. The van der Waals surface area contributed by atoms with Gasteiger partial charge in [0.1, 0.15) is 12.4 Å². The zero-order valence-electron chi connectivity index (χ0n) is 10.8. The van der Waals surface area contributed by atoms with Gasteiger partial charge in [0.15, 0.2) is 0 Å². The fourth-order valence-electron chi connectivity index (χ4n) is 2.31. The van der Waals surface area contributed by atoms with E-state index in [0.717, 1.165) is 11.3 Å². The van der Waals surface area contributed by atoms with E-state index < -0.39 is 0 Å². The van der Waals surface area contributed by atoms with Gasteiger partial charge in [-0.3, -0.25) is 4.79 Å². The summed E-state index contributed by atoms with van der Waals surface area (Å²) in [5, 5.41) is 3.48. The average Bonchev–Trinajstić information content (AvgIpc) is 2.47. The van der Waals surface area contributed by atoms with Crippen molar-refractivity contribution in [1.82, 2.24) is 0 Å². The monoisotopic (exact) mass is 287 g/mol. The zero-order valence-corrected chi connectivity index (χ0v) is 11.6. The summed E-state index contributed by atoms with van der Waals surface area (Å²) in [4.78, 5) is 12.3. The first-order valence-corrected chi connectivity index (χ1v) is 6.87. The molecule has 1 atom stereocenters. The Morgan fingerprint density at radius 2 is 2.05 bits per heavy atom. The lowest BCUT2D eigenvalue weighted by atomic mass is 9.96. The maximum Gasteiger partial charge on any atom is 0.231 e. The van der Waals surface area contributed by atoms with Gasteiger partial charge in [-0.25, -0.2) is 0 Å². The van der Waals surface area contributed by atoms with E-state index in [1.165, 1.54) is 0 Å². The average molecular weight is 288 g/mol. The normalized spacial score (nSPS) is 16.9. The summed E-state index contributed by atoms with van der Waals surface area (Å²) in [6, 6.07) is 15.0. The van der Waals surface area contributed by atoms with Crippen LogP contribution in [0.1, 0.15) is 5.56 Å². The van der Waals surface area contributed by atoms with Crippen molar-refractivity contribution in [2.24, 2.45) is 5.92 Å². The van der Waals surface area contributed by atoms with Gasteiger partial charge in [0, 0.05) is 10.7 Å². The van der Waals surface area contributed by atoms with Crippen LogP contribution < -0.4 is 10.1 Å². The molecule has 0 fully saturated rings. The molecule has 0 aromatic heterocycles. The molecular formula is C16H14ClNO2. The molecular weight excluding hydrogens is 274 g/mol. The maximum atomic E-state index is 12.3. The number of rotatable bonds is 2. The Morgan fingerprint density at radius 3 is 2.90 bits per heavy atom. The number of anilines is 1. The van der Waals surface area contributed by atoms with E-state index in [-0.39, 0.29) is 11.8 Å². The number of para-hydroxylation sites is 1. The van der Waals surface area contributed by atoms with Gasteiger partial charge in [0.05, 0.1) is 5.92 Å². The van der Waals surface area contributed by atoms with Crippen LogP contribution in [-0.4, -0.2) is 12.5 Å². The van der Waals surface area contributed by atoms with E-state index in [2.05, 4.69) is 5.32 Å². The molecule has 0 saturated carbocycles. The van der Waals surface area contributed by atoms with Crippen molar-refractivity contribution in [3.63, 3.8) is 0 Å². The standard InChI is InChI=1S/C16H14ClNO2/c17-13-5-3-6-14(9-13)18-16(19)12-8-11-4-1-2-7-15(11)20-10-12/h1-7,9,12H,8,10H2,(H,18,19)/t12-/m1/s1. The van der Waals surface area contributed by atoms with Crippen LogP contribution >= 0.6 is 11.6 Å². The second-order valence-electron chi connectivity index (χ2n) is 4.82. The number of fused-ring (bicyclic) bond motifs is 1. The lowest BCUT2D eigenvalue weighted by Gasteiger charge is -2.24. The molecule has 1 aliphatic rings. The molecule has 3 nitrogen and oxygen atoms in total. The zero-order chi connectivity index (χ0) is 13.9. The quantitative estimate of drug-likeness (QED) is 0.917. The highest BCUT2D eigenvalue weighted by molar-refractivity contribution is 6.30. The minimum absolute atomic E-state index is 0.0400. The minimum Gasteiger partial charge on any atom is -0.492 e. The van der Waals surface area contributed by atoms with Gasteiger partial charge in [0.2, 0.25) is 5.91 Å². The topological polar surface area (TPSA) is 38.3 Å². The molecule has 1 aliphatic heterocycles. The highest BCUT2D eigenvalue weighted by Crippen LogP contribution is 2.27. The summed E-state index contributed by atoms with van der Waals surface area (Å²) >= 11 is 5.91. The third-order valence-corrected chi connectivity index (χ3v) is 3.58. The van der Waals surface area contributed by atoms with Crippen LogP contribution in [-0.2, 0) is 11.2 Å². The summed E-state index contributed by atoms with van der Waals surface area (Å²) < 4.78 is 5.63. The fourth-order valence-corrected chi connectivity index (χ4v) is 2.50. The molecule has 1 N–H and O–H groups in total.